The molecule has 6 nitrogen and oxygen atoms in total. The number of hydrazine groups is 1. The summed E-state index contributed by atoms with van der Waals surface area (Å²) in [5, 5.41) is 0. The number of rotatable bonds is 5. The van der Waals surface area contributed by atoms with Gasteiger partial charge in [0.25, 0.3) is 0 Å². The lowest BCUT2D eigenvalue weighted by molar-refractivity contribution is -0.136. The number of benzene rings is 1. The number of nitrogens with zero attached hydrogens (tertiary/aromatic N) is 3. The van der Waals surface area contributed by atoms with Gasteiger partial charge in [0, 0.05) is 12.4 Å². The molecule has 1 saturated heterocycles. The summed E-state index contributed by atoms with van der Waals surface area (Å²) in [6, 6.07) is 6.68. The molecule has 2 atom stereocenters. The number of halogens is 4. The van der Waals surface area contributed by atoms with E-state index in [-0.39, 0.29) is 22.8 Å². The Bertz CT molecular complexity index is 1320. The fourth-order valence-electron chi connectivity index (χ4n) is 6.22. The first-order chi connectivity index (χ1) is 17.6. The summed E-state index contributed by atoms with van der Waals surface area (Å²) in [5.41, 5.74) is 5.36. The van der Waals surface area contributed by atoms with E-state index in [1.54, 1.807) is 12.1 Å². The number of imidazole rings is 1. The molecule has 0 amide bonds. The van der Waals surface area contributed by atoms with Crippen LogP contribution in [0.5, 0.6) is 0 Å². The van der Waals surface area contributed by atoms with Crippen LogP contribution >= 0.6 is 0 Å². The maximum absolute atomic E-state index is 15.0. The highest BCUT2D eigenvalue weighted by Gasteiger charge is 2.46. The molecule has 200 valence electrons. The molecule has 2 unspecified atom stereocenters. The van der Waals surface area contributed by atoms with E-state index in [0.717, 1.165) is 46.1 Å². The van der Waals surface area contributed by atoms with Crippen LogP contribution in [0.25, 0.3) is 11.2 Å². The zero-order valence-corrected chi connectivity index (χ0v) is 21.1. The molecule has 2 fully saturated rings. The quantitative estimate of drug-likeness (QED) is 0.350. The first kappa shape index (κ1) is 25.9. The van der Waals surface area contributed by atoms with Gasteiger partial charge in [0.2, 0.25) is 0 Å². The highest BCUT2D eigenvalue weighted by molar-refractivity contribution is 5.57. The largest absolute Gasteiger partial charge is 0.418 e. The number of alkyl halides is 3. The van der Waals surface area contributed by atoms with E-state index in [0.29, 0.717) is 12.6 Å². The summed E-state index contributed by atoms with van der Waals surface area (Å²) < 4.78 is 57.5. The lowest BCUT2D eigenvalue weighted by Gasteiger charge is -2.43. The molecule has 37 heavy (non-hydrogen) atoms. The van der Waals surface area contributed by atoms with Crippen LogP contribution in [0.15, 0.2) is 47.5 Å². The van der Waals surface area contributed by atoms with Crippen LogP contribution in [-0.2, 0) is 6.18 Å². The summed E-state index contributed by atoms with van der Waals surface area (Å²) in [7, 11) is 2.10. The third kappa shape index (κ3) is 4.70. The first-order valence-electron chi connectivity index (χ1n) is 12.9. The van der Waals surface area contributed by atoms with Crippen LogP contribution < -0.4 is 16.5 Å². The zero-order valence-electron chi connectivity index (χ0n) is 21.1. The van der Waals surface area contributed by atoms with Gasteiger partial charge in [-0.2, -0.15) is 13.2 Å². The van der Waals surface area contributed by atoms with Crippen molar-refractivity contribution in [1.82, 2.24) is 24.7 Å². The number of nitrogens with one attached hydrogen (secondary N) is 2. The Morgan fingerprint density at radius 2 is 1.86 bits per heavy atom. The van der Waals surface area contributed by atoms with Crippen LogP contribution in [0.2, 0.25) is 0 Å². The minimum atomic E-state index is -4.64. The molecule has 0 radical (unpaired) electrons. The molecule has 10 heteroatoms. The molecule has 3 heterocycles. The van der Waals surface area contributed by atoms with Crippen molar-refractivity contribution in [3.8, 4) is 5.69 Å². The Balaban J connectivity index is 1.51. The van der Waals surface area contributed by atoms with Crippen molar-refractivity contribution >= 4 is 5.52 Å². The van der Waals surface area contributed by atoms with Gasteiger partial charge in [0.1, 0.15) is 5.82 Å². The second kappa shape index (κ2) is 9.89. The number of hydrogen-bond donors (Lipinski definition) is 2. The topological polar surface area (TPSA) is 53.7 Å². The van der Waals surface area contributed by atoms with E-state index in [4.69, 9.17) is 0 Å². The van der Waals surface area contributed by atoms with Gasteiger partial charge in [-0.15, -0.1) is 0 Å². The van der Waals surface area contributed by atoms with Gasteiger partial charge in [-0.3, -0.25) is 13.9 Å². The lowest BCUT2D eigenvalue weighted by Crippen LogP contribution is -2.57. The highest BCUT2D eigenvalue weighted by atomic mass is 19.4. The SMILES string of the molecule is CC(CC1(C2CCCCCC2)NNCN1C)c1ccc(F)c(-n2cc3c(C(F)(F)F)cccn3c2=O)c1. The Labute approximate surface area is 213 Å². The summed E-state index contributed by atoms with van der Waals surface area (Å²) in [5.74, 6) is -0.216. The molecule has 3 aromatic rings. The van der Waals surface area contributed by atoms with Crippen LogP contribution in [0.3, 0.4) is 0 Å². The molecule has 5 rings (SSSR count). The maximum Gasteiger partial charge on any atom is 0.418 e. The number of fused-ring (bicyclic) bond motifs is 1. The monoisotopic (exact) mass is 519 g/mol. The molecule has 1 aliphatic carbocycles. The molecule has 0 bridgehead atoms. The van der Waals surface area contributed by atoms with Gasteiger partial charge >= 0.3 is 11.9 Å². The van der Waals surface area contributed by atoms with Crippen LogP contribution in [-0.4, -0.2) is 33.2 Å². The predicted octanol–water partition coefficient (Wildman–Crippen LogP) is 5.41. The van der Waals surface area contributed by atoms with Crippen molar-refractivity contribution in [2.45, 2.75) is 69.6 Å². The standard InChI is InChI=1S/C27H33F4N5O/c1-18(15-26(33-32-17-34(26)2)20-8-5-3-4-6-9-20)19-11-12-22(28)23(14-19)36-16-24-21(27(29,30)31)10-7-13-35(24)25(36)37/h7,10-14,16,18,20,32-33H,3-6,8-9,15,17H2,1-2H3. The van der Waals surface area contributed by atoms with Gasteiger partial charge in [-0.25, -0.2) is 20.0 Å². The van der Waals surface area contributed by atoms with Gasteiger partial charge in [-0.1, -0.05) is 38.7 Å². The van der Waals surface area contributed by atoms with E-state index in [1.807, 2.05) is 0 Å². The molecule has 1 aromatic carbocycles. The maximum atomic E-state index is 15.0. The molecule has 2 N–H and O–H groups in total. The van der Waals surface area contributed by atoms with E-state index < -0.39 is 23.2 Å². The van der Waals surface area contributed by atoms with E-state index in [2.05, 4.69) is 29.7 Å². The normalized spacial score (nSPS) is 23.0. The predicted molar refractivity (Wildman–Crippen MR) is 134 cm³/mol. The van der Waals surface area contributed by atoms with E-state index >= 15 is 4.39 Å². The van der Waals surface area contributed by atoms with Crippen molar-refractivity contribution in [2.75, 3.05) is 13.7 Å². The molecule has 2 aliphatic rings. The van der Waals surface area contributed by atoms with Crippen molar-refractivity contribution in [1.29, 1.82) is 0 Å². The zero-order chi connectivity index (χ0) is 26.4. The fourth-order valence-corrected chi connectivity index (χ4v) is 6.22. The second-order valence-electron chi connectivity index (χ2n) is 10.5. The Morgan fingerprint density at radius 3 is 2.51 bits per heavy atom. The molecule has 2 aromatic heterocycles. The molecule has 1 saturated carbocycles. The van der Waals surface area contributed by atoms with Crippen LogP contribution in [0.4, 0.5) is 17.6 Å². The Morgan fingerprint density at radius 1 is 1.14 bits per heavy atom. The fraction of sp³-hybridized carbons (Fsp3) is 0.519. The number of hydrogen-bond acceptors (Lipinski definition) is 4. The third-order valence-electron chi connectivity index (χ3n) is 8.25. The Kier molecular flexibility index (Phi) is 6.93. The van der Waals surface area contributed by atoms with Gasteiger partial charge < -0.3 is 0 Å². The van der Waals surface area contributed by atoms with Gasteiger partial charge in [-0.05, 0) is 68.0 Å². The molecule has 1 aliphatic heterocycles. The molecule has 0 spiro atoms. The third-order valence-corrected chi connectivity index (χ3v) is 8.25. The van der Waals surface area contributed by atoms with Gasteiger partial charge in [0.15, 0.2) is 0 Å². The highest BCUT2D eigenvalue weighted by Crippen LogP contribution is 2.41. The van der Waals surface area contributed by atoms with Crippen molar-refractivity contribution in [3.05, 3.63) is 70.2 Å². The lowest BCUT2D eigenvalue weighted by atomic mass is 9.78. The molecular weight excluding hydrogens is 486 g/mol. The second-order valence-corrected chi connectivity index (χ2v) is 10.5. The summed E-state index contributed by atoms with van der Waals surface area (Å²) in [4.78, 5) is 15.3. The minimum Gasteiger partial charge on any atom is -0.273 e. The van der Waals surface area contributed by atoms with Crippen LogP contribution in [0, 0.1) is 11.7 Å². The van der Waals surface area contributed by atoms with Crippen molar-refractivity contribution in [2.24, 2.45) is 5.92 Å². The smallest absolute Gasteiger partial charge is 0.273 e. The van der Waals surface area contributed by atoms with Crippen molar-refractivity contribution in [3.63, 3.8) is 0 Å². The van der Waals surface area contributed by atoms with E-state index in [9.17, 15) is 18.0 Å². The first-order valence-corrected chi connectivity index (χ1v) is 12.9. The summed E-state index contributed by atoms with van der Waals surface area (Å²) >= 11 is 0. The number of pyridine rings is 1. The van der Waals surface area contributed by atoms with E-state index in [1.165, 1.54) is 44.0 Å². The number of aromatic nitrogens is 2. The minimum absolute atomic E-state index is 0.00378. The summed E-state index contributed by atoms with van der Waals surface area (Å²) in [6.45, 7) is 2.79. The molecular formula is C27H33F4N5O. The Hall–Kier alpha value is -2.69. The average molecular weight is 520 g/mol. The average Bonchev–Trinajstić information content (AvgIpc) is 3.25. The van der Waals surface area contributed by atoms with Gasteiger partial charge in [0.05, 0.1) is 29.1 Å². The van der Waals surface area contributed by atoms with Crippen molar-refractivity contribution < 1.29 is 17.6 Å². The summed E-state index contributed by atoms with van der Waals surface area (Å²) in [6.07, 6.45) is 5.61. The van der Waals surface area contributed by atoms with Crippen LogP contribution in [0.1, 0.15) is 68.9 Å².